The summed E-state index contributed by atoms with van der Waals surface area (Å²) in [6.07, 6.45) is 6.55. The van der Waals surface area contributed by atoms with Crippen molar-refractivity contribution in [2.75, 3.05) is 0 Å². The van der Waals surface area contributed by atoms with Gasteiger partial charge in [-0.15, -0.1) is 0 Å². The summed E-state index contributed by atoms with van der Waals surface area (Å²) >= 11 is 0. The van der Waals surface area contributed by atoms with Gasteiger partial charge in [0.15, 0.2) is 6.29 Å². The Morgan fingerprint density at radius 1 is 0.857 bits per heavy atom. The Hall–Kier alpha value is -0.0800. The molecule has 4 fully saturated rings. The van der Waals surface area contributed by atoms with E-state index in [2.05, 4.69) is 0 Å². The molecule has 0 atom stereocenters. The molecule has 4 aliphatic carbocycles. The number of rotatable bonds is 2. The first-order valence-electron chi connectivity index (χ1n) is 6.08. The second-order valence-corrected chi connectivity index (χ2v) is 5.81. The summed E-state index contributed by atoms with van der Waals surface area (Å²) in [4.78, 5) is 0. The molecule has 0 heterocycles. The fraction of sp³-hybridized carbons (Fsp3) is 1.00. The molecule has 0 aromatic heterocycles. The van der Waals surface area contributed by atoms with Crippen LogP contribution in [-0.2, 0) is 0 Å². The average molecular weight is 196 g/mol. The van der Waals surface area contributed by atoms with Gasteiger partial charge in [0.05, 0.1) is 0 Å². The number of aliphatic hydroxyl groups is 2. The number of hydrogen-bond acceptors (Lipinski definition) is 2. The molecule has 2 heteroatoms. The van der Waals surface area contributed by atoms with Crippen molar-refractivity contribution in [1.29, 1.82) is 0 Å². The van der Waals surface area contributed by atoms with Crippen LogP contribution in [0.4, 0.5) is 0 Å². The lowest BCUT2D eigenvalue weighted by molar-refractivity contribution is -0.106. The highest BCUT2D eigenvalue weighted by Crippen LogP contribution is 2.57. The Morgan fingerprint density at radius 3 is 1.79 bits per heavy atom. The van der Waals surface area contributed by atoms with Gasteiger partial charge in [-0.1, -0.05) is 0 Å². The highest BCUT2D eigenvalue weighted by molar-refractivity contribution is 4.97. The van der Waals surface area contributed by atoms with E-state index in [9.17, 15) is 0 Å². The van der Waals surface area contributed by atoms with E-state index < -0.39 is 6.29 Å². The predicted octanol–water partition coefficient (Wildman–Crippen LogP) is 1.76. The van der Waals surface area contributed by atoms with Gasteiger partial charge in [-0.2, -0.15) is 0 Å². The summed E-state index contributed by atoms with van der Waals surface area (Å²) in [5, 5.41) is 18.2. The van der Waals surface area contributed by atoms with E-state index in [1.807, 2.05) is 0 Å². The summed E-state index contributed by atoms with van der Waals surface area (Å²) < 4.78 is 0. The van der Waals surface area contributed by atoms with Gasteiger partial charge in [0.25, 0.3) is 0 Å². The van der Waals surface area contributed by atoms with Gasteiger partial charge in [0.1, 0.15) is 0 Å². The molecule has 0 saturated heterocycles. The van der Waals surface area contributed by atoms with Crippen LogP contribution in [0.25, 0.3) is 0 Å². The van der Waals surface area contributed by atoms with Crippen molar-refractivity contribution < 1.29 is 10.2 Å². The van der Waals surface area contributed by atoms with Crippen LogP contribution >= 0.6 is 0 Å². The van der Waals surface area contributed by atoms with E-state index in [4.69, 9.17) is 10.2 Å². The largest absolute Gasteiger partial charge is 0.368 e. The third kappa shape index (κ3) is 1.40. The Balaban J connectivity index is 1.74. The number of aliphatic hydroxyl groups excluding tert-OH is 1. The van der Waals surface area contributed by atoms with Gasteiger partial charge in [0.2, 0.25) is 0 Å². The van der Waals surface area contributed by atoms with Crippen molar-refractivity contribution in [3.8, 4) is 0 Å². The summed E-state index contributed by atoms with van der Waals surface area (Å²) in [7, 11) is 0. The third-order valence-corrected chi connectivity index (χ3v) is 4.90. The van der Waals surface area contributed by atoms with E-state index >= 15 is 0 Å². The Kier molecular flexibility index (Phi) is 2.10. The quantitative estimate of drug-likeness (QED) is 0.661. The summed E-state index contributed by atoms with van der Waals surface area (Å²) in [6, 6.07) is 0. The molecule has 0 aliphatic heterocycles. The molecular weight excluding hydrogens is 176 g/mol. The lowest BCUT2D eigenvalue weighted by Gasteiger charge is -2.54. The van der Waals surface area contributed by atoms with Crippen LogP contribution in [0.1, 0.15) is 38.5 Å². The van der Waals surface area contributed by atoms with Gasteiger partial charge in [-0.05, 0) is 61.7 Å². The molecule has 4 aliphatic rings. The molecule has 80 valence electrons. The molecule has 4 bridgehead atoms. The van der Waals surface area contributed by atoms with Crippen molar-refractivity contribution in [2.45, 2.75) is 44.8 Å². The molecule has 0 unspecified atom stereocenters. The monoisotopic (exact) mass is 196 g/mol. The van der Waals surface area contributed by atoms with Crippen molar-refractivity contribution >= 4 is 0 Å². The van der Waals surface area contributed by atoms with Crippen LogP contribution in [0.3, 0.4) is 0 Å². The standard InChI is InChI=1S/C12H20O2/c13-12(14)6-11-9-2-7-1-8(4-9)5-10(11)3-7/h7-14H,1-6H2. The maximum absolute atomic E-state index is 9.09. The zero-order chi connectivity index (χ0) is 9.71. The molecule has 2 N–H and O–H groups in total. The lowest BCUT2D eigenvalue weighted by atomic mass is 9.51. The summed E-state index contributed by atoms with van der Waals surface area (Å²) in [6.45, 7) is 0. The van der Waals surface area contributed by atoms with Crippen molar-refractivity contribution in [3.05, 3.63) is 0 Å². The lowest BCUT2D eigenvalue weighted by Crippen LogP contribution is -2.46. The molecule has 0 amide bonds. The van der Waals surface area contributed by atoms with E-state index in [0.717, 1.165) is 23.7 Å². The van der Waals surface area contributed by atoms with E-state index in [1.165, 1.54) is 32.1 Å². The Morgan fingerprint density at radius 2 is 1.36 bits per heavy atom. The maximum Gasteiger partial charge on any atom is 0.151 e. The minimum Gasteiger partial charge on any atom is -0.368 e. The molecule has 0 aromatic carbocycles. The smallest absolute Gasteiger partial charge is 0.151 e. The fourth-order valence-corrected chi connectivity index (χ4v) is 4.67. The molecule has 0 spiro atoms. The van der Waals surface area contributed by atoms with Crippen LogP contribution in [-0.4, -0.2) is 16.5 Å². The van der Waals surface area contributed by atoms with Crippen molar-refractivity contribution in [1.82, 2.24) is 0 Å². The maximum atomic E-state index is 9.09. The van der Waals surface area contributed by atoms with Crippen LogP contribution in [0.5, 0.6) is 0 Å². The van der Waals surface area contributed by atoms with Crippen LogP contribution in [0, 0.1) is 29.6 Å². The van der Waals surface area contributed by atoms with E-state index in [1.54, 1.807) is 0 Å². The average Bonchev–Trinajstić information content (AvgIpc) is 2.09. The summed E-state index contributed by atoms with van der Waals surface area (Å²) in [5.74, 6) is 4.26. The van der Waals surface area contributed by atoms with E-state index in [0.29, 0.717) is 12.3 Å². The van der Waals surface area contributed by atoms with Crippen LogP contribution in [0.15, 0.2) is 0 Å². The molecule has 4 rings (SSSR count). The molecule has 0 aromatic rings. The van der Waals surface area contributed by atoms with Crippen molar-refractivity contribution in [2.24, 2.45) is 29.6 Å². The topological polar surface area (TPSA) is 40.5 Å². The molecule has 2 nitrogen and oxygen atoms in total. The first-order chi connectivity index (χ1) is 6.72. The fourth-order valence-electron chi connectivity index (χ4n) is 4.67. The first kappa shape index (κ1) is 9.17. The highest BCUT2D eigenvalue weighted by atomic mass is 16.5. The van der Waals surface area contributed by atoms with Gasteiger partial charge in [0, 0.05) is 6.42 Å². The van der Waals surface area contributed by atoms with Gasteiger partial charge < -0.3 is 10.2 Å². The third-order valence-electron chi connectivity index (χ3n) is 4.90. The normalized spacial score (nSPS) is 50.4. The zero-order valence-electron chi connectivity index (χ0n) is 8.60. The highest BCUT2D eigenvalue weighted by Gasteiger charge is 2.48. The first-order valence-corrected chi connectivity index (χ1v) is 6.08. The van der Waals surface area contributed by atoms with Gasteiger partial charge in [-0.25, -0.2) is 0 Å². The van der Waals surface area contributed by atoms with Gasteiger partial charge >= 0.3 is 0 Å². The Labute approximate surface area is 85.3 Å². The second-order valence-electron chi connectivity index (χ2n) is 5.81. The van der Waals surface area contributed by atoms with Crippen LogP contribution < -0.4 is 0 Å². The Bertz CT molecular complexity index is 196. The van der Waals surface area contributed by atoms with Crippen LogP contribution in [0.2, 0.25) is 0 Å². The summed E-state index contributed by atoms with van der Waals surface area (Å²) in [5.41, 5.74) is 0. The SMILES string of the molecule is OC(O)CC1C2CC3CC(C2)CC1C3. The minimum absolute atomic E-state index is 0.628. The minimum atomic E-state index is -1.07. The zero-order valence-corrected chi connectivity index (χ0v) is 8.60. The predicted molar refractivity (Wildman–Crippen MR) is 53.4 cm³/mol. The second kappa shape index (κ2) is 3.21. The van der Waals surface area contributed by atoms with Gasteiger partial charge in [-0.3, -0.25) is 0 Å². The number of hydrogen-bond donors (Lipinski definition) is 2. The van der Waals surface area contributed by atoms with Crippen molar-refractivity contribution in [3.63, 3.8) is 0 Å². The molecule has 4 saturated carbocycles. The molecular formula is C12H20O2. The van der Waals surface area contributed by atoms with E-state index in [-0.39, 0.29) is 0 Å². The molecule has 14 heavy (non-hydrogen) atoms. The molecule has 0 radical (unpaired) electrons.